The summed E-state index contributed by atoms with van der Waals surface area (Å²) in [6.07, 6.45) is 0. The number of carbonyl (C=O) groups excluding carboxylic acids is 2. The molecule has 0 aromatic heterocycles. The number of Topliss-reactive ketones (excluding diaryl/α,β-unsaturated/α-hetero) is 1. The van der Waals surface area contributed by atoms with Crippen molar-refractivity contribution in [3.05, 3.63) is 34.4 Å². The Labute approximate surface area is 104 Å². The largest absolute Gasteiger partial charge is 0.478 e. The second-order valence-corrected chi connectivity index (χ2v) is 3.82. The van der Waals surface area contributed by atoms with Crippen LogP contribution in [0.5, 0.6) is 0 Å². The van der Waals surface area contributed by atoms with Crippen molar-refractivity contribution in [1.82, 2.24) is 0 Å². The number of ketones is 1. The van der Waals surface area contributed by atoms with Gasteiger partial charge in [0.2, 0.25) is 0 Å². The van der Waals surface area contributed by atoms with E-state index in [1.54, 1.807) is 20.8 Å². The highest BCUT2D eigenvalue weighted by Gasteiger charge is 2.22. The summed E-state index contributed by atoms with van der Waals surface area (Å²) < 4.78 is 4.62. The number of esters is 1. The zero-order valence-electron chi connectivity index (χ0n) is 10.4. The summed E-state index contributed by atoms with van der Waals surface area (Å²) in [6, 6.07) is 2.66. The topological polar surface area (TPSA) is 80.7 Å². The fourth-order valence-corrected chi connectivity index (χ4v) is 1.53. The first-order chi connectivity index (χ1) is 8.38. The van der Waals surface area contributed by atoms with Crippen molar-refractivity contribution in [3.8, 4) is 0 Å². The first-order valence-corrected chi connectivity index (χ1v) is 5.44. The molecule has 1 rings (SSSR count). The molecule has 5 nitrogen and oxygen atoms in total. The summed E-state index contributed by atoms with van der Waals surface area (Å²) in [5.41, 5.74) is 1.28. The van der Waals surface area contributed by atoms with Gasteiger partial charge in [-0.15, -0.1) is 0 Å². The van der Waals surface area contributed by atoms with Crippen molar-refractivity contribution < 1.29 is 24.2 Å². The highest BCUT2D eigenvalue weighted by molar-refractivity contribution is 6.41. The summed E-state index contributed by atoms with van der Waals surface area (Å²) >= 11 is 0. The number of carboxylic acid groups (broad SMARTS) is 1. The molecule has 0 saturated heterocycles. The van der Waals surface area contributed by atoms with Gasteiger partial charge in [0, 0.05) is 5.56 Å². The molecule has 1 aromatic rings. The zero-order chi connectivity index (χ0) is 13.9. The molecule has 0 heterocycles. The normalized spacial score (nSPS) is 9.94. The van der Waals surface area contributed by atoms with E-state index in [2.05, 4.69) is 4.74 Å². The summed E-state index contributed by atoms with van der Waals surface area (Å²) in [6.45, 7) is 5.04. The molecule has 0 amide bonds. The van der Waals surface area contributed by atoms with Gasteiger partial charge in [-0.05, 0) is 44.0 Å². The number of hydrogen-bond acceptors (Lipinski definition) is 4. The molecule has 1 N–H and O–H groups in total. The van der Waals surface area contributed by atoms with E-state index in [-0.39, 0.29) is 17.7 Å². The van der Waals surface area contributed by atoms with Crippen molar-refractivity contribution in [3.63, 3.8) is 0 Å². The Balaban J connectivity index is 3.27. The van der Waals surface area contributed by atoms with Gasteiger partial charge < -0.3 is 9.84 Å². The minimum atomic E-state index is -1.14. The second-order valence-electron chi connectivity index (χ2n) is 3.82. The molecule has 96 valence electrons. The lowest BCUT2D eigenvalue weighted by atomic mass is 9.97. The Hall–Kier alpha value is -2.17. The minimum absolute atomic E-state index is 0.0225. The summed E-state index contributed by atoms with van der Waals surface area (Å²) in [7, 11) is 0. The van der Waals surface area contributed by atoms with Crippen LogP contribution in [0.2, 0.25) is 0 Å². The number of carboxylic acids is 1. The number of carbonyl (C=O) groups is 3. The van der Waals surface area contributed by atoms with Crippen LogP contribution in [0.25, 0.3) is 0 Å². The zero-order valence-corrected chi connectivity index (χ0v) is 10.4. The second kappa shape index (κ2) is 5.44. The fourth-order valence-electron chi connectivity index (χ4n) is 1.53. The fraction of sp³-hybridized carbons (Fsp3) is 0.308. The van der Waals surface area contributed by atoms with Gasteiger partial charge in [0.15, 0.2) is 0 Å². The number of benzene rings is 1. The van der Waals surface area contributed by atoms with E-state index in [4.69, 9.17) is 5.11 Å². The average Bonchev–Trinajstić information content (AvgIpc) is 2.31. The maximum atomic E-state index is 11.8. The van der Waals surface area contributed by atoms with E-state index >= 15 is 0 Å². The van der Waals surface area contributed by atoms with Gasteiger partial charge in [0.1, 0.15) is 0 Å². The smallest absolute Gasteiger partial charge is 0.379 e. The lowest BCUT2D eigenvalue weighted by molar-refractivity contribution is -0.137. The molecule has 18 heavy (non-hydrogen) atoms. The predicted molar refractivity (Wildman–Crippen MR) is 63.8 cm³/mol. The molecule has 0 bridgehead atoms. The first-order valence-electron chi connectivity index (χ1n) is 5.44. The monoisotopic (exact) mass is 250 g/mol. The van der Waals surface area contributed by atoms with Crippen molar-refractivity contribution in [2.45, 2.75) is 20.8 Å². The number of hydrogen-bond donors (Lipinski definition) is 1. The molecule has 0 fully saturated rings. The molecule has 0 radical (unpaired) electrons. The number of aryl methyl sites for hydroxylation is 1. The summed E-state index contributed by atoms with van der Waals surface area (Å²) in [5, 5.41) is 8.92. The number of rotatable bonds is 4. The standard InChI is InChI=1S/C13H14O5/c1-4-18-13(17)11(14)10-6-9(12(15)16)5-7(2)8(10)3/h5-6H,4H2,1-3H3,(H,15,16). The van der Waals surface area contributed by atoms with Crippen molar-refractivity contribution in [1.29, 1.82) is 0 Å². The van der Waals surface area contributed by atoms with Gasteiger partial charge in [-0.25, -0.2) is 9.59 Å². The van der Waals surface area contributed by atoms with E-state index < -0.39 is 17.7 Å². The van der Waals surface area contributed by atoms with Gasteiger partial charge in [-0.3, -0.25) is 4.79 Å². The molecule has 1 aromatic carbocycles. The molecular formula is C13H14O5. The van der Waals surface area contributed by atoms with Crippen LogP contribution in [0.15, 0.2) is 12.1 Å². The van der Waals surface area contributed by atoms with Crippen LogP contribution in [0, 0.1) is 13.8 Å². The van der Waals surface area contributed by atoms with Crippen LogP contribution in [0.1, 0.15) is 38.8 Å². The van der Waals surface area contributed by atoms with E-state index in [0.717, 1.165) is 0 Å². The van der Waals surface area contributed by atoms with E-state index in [0.29, 0.717) is 11.1 Å². The molecule has 0 atom stereocenters. The Morgan fingerprint density at radius 3 is 2.33 bits per heavy atom. The van der Waals surface area contributed by atoms with Crippen molar-refractivity contribution in [2.75, 3.05) is 6.61 Å². The Morgan fingerprint density at radius 1 is 1.22 bits per heavy atom. The molecule has 0 unspecified atom stereocenters. The van der Waals surface area contributed by atoms with Crippen LogP contribution < -0.4 is 0 Å². The van der Waals surface area contributed by atoms with Crippen LogP contribution in [-0.2, 0) is 9.53 Å². The van der Waals surface area contributed by atoms with Gasteiger partial charge in [-0.1, -0.05) is 0 Å². The van der Waals surface area contributed by atoms with Crippen molar-refractivity contribution in [2.24, 2.45) is 0 Å². The maximum Gasteiger partial charge on any atom is 0.379 e. The van der Waals surface area contributed by atoms with E-state index in [1.165, 1.54) is 12.1 Å². The third-order valence-electron chi connectivity index (χ3n) is 2.62. The van der Waals surface area contributed by atoms with Gasteiger partial charge in [0.25, 0.3) is 5.78 Å². The number of ether oxygens (including phenoxy) is 1. The highest BCUT2D eigenvalue weighted by atomic mass is 16.5. The van der Waals surface area contributed by atoms with Gasteiger partial charge >= 0.3 is 11.9 Å². The maximum absolute atomic E-state index is 11.8. The highest BCUT2D eigenvalue weighted by Crippen LogP contribution is 2.17. The van der Waals surface area contributed by atoms with Crippen LogP contribution in [-0.4, -0.2) is 29.4 Å². The SMILES string of the molecule is CCOC(=O)C(=O)c1cc(C(=O)O)cc(C)c1C. The Morgan fingerprint density at radius 2 is 1.83 bits per heavy atom. The third-order valence-corrected chi connectivity index (χ3v) is 2.62. The van der Waals surface area contributed by atoms with Crippen molar-refractivity contribution >= 4 is 17.7 Å². The molecule has 5 heteroatoms. The van der Waals surface area contributed by atoms with Crippen LogP contribution >= 0.6 is 0 Å². The van der Waals surface area contributed by atoms with Gasteiger partial charge in [-0.2, -0.15) is 0 Å². The van der Waals surface area contributed by atoms with E-state index in [9.17, 15) is 14.4 Å². The van der Waals surface area contributed by atoms with Crippen LogP contribution in [0.4, 0.5) is 0 Å². The quantitative estimate of drug-likeness (QED) is 0.500. The third kappa shape index (κ3) is 2.74. The first kappa shape index (κ1) is 13.9. The molecular weight excluding hydrogens is 236 g/mol. The molecule has 0 spiro atoms. The molecule has 0 aliphatic rings. The number of aromatic carboxylic acids is 1. The lowest BCUT2D eigenvalue weighted by Gasteiger charge is -2.09. The molecule has 0 aliphatic heterocycles. The summed E-state index contributed by atoms with van der Waals surface area (Å²) in [4.78, 5) is 34.1. The predicted octanol–water partition coefficient (Wildman–Crippen LogP) is 1.75. The lowest BCUT2D eigenvalue weighted by Crippen LogP contribution is -2.19. The molecule has 0 saturated carbocycles. The minimum Gasteiger partial charge on any atom is -0.478 e. The van der Waals surface area contributed by atoms with Crippen LogP contribution in [0.3, 0.4) is 0 Å². The average molecular weight is 250 g/mol. The molecule has 0 aliphatic carbocycles. The Bertz CT molecular complexity index is 516. The van der Waals surface area contributed by atoms with E-state index in [1.807, 2.05) is 0 Å². The van der Waals surface area contributed by atoms with Gasteiger partial charge in [0.05, 0.1) is 12.2 Å². The summed E-state index contributed by atoms with van der Waals surface area (Å²) in [5.74, 6) is -2.93. The Kier molecular flexibility index (Phi) is 4.20.